The van der Waals surface area contributed by atoms with E-state index in [2.05, 4.69) is 54.7 Å². The third-order valence-corrected chi connectivity index (χ3v) is 3.64. The molecule has 13 heavy (non-hydrogen) atoms. The molecule has 0 heterocycles. The number of allylic oxidation sites excluding steroid dienone is 2. The molecule has 0 fully saturated rings. The maximum atomic E-state index is 4.08. The monoisotopic (exact) mass is 198 g/mol. The van der Waals surface area contributed by atoms with Crippen molar-refractivity contribution in [3.63, 3.8) is 0 Å². The highest BCUT2D eigenvalue weighted by Gasteiger charge is 2.21. The lowest BCUT2D eigenvalue weighted by Crippen LogP contribution is -2.10. The fourth-order valence-electron chi connectivity index (χ4n) is 0.455. The molecular weight excluding hydrogens is 176 g/mol. The zero-order valence-corrected chi connectivity index (χ0v) is 10.6. The van der Waals surface area contributed by atoms with Crippen LogP contribution in [0, 0.1) is 10.8 Å². The first-order valence-corrected chi connectivity index (χ1v) is 5.43. The second-order valence-corrected chi connectivity index (χ2v) is 6.64. The van der Waals surface area contributed by atoms with E-state index in [1.165, 1.54) is 9.81 Å². The van der Waals surface area contributed by atoms with Crippen molar-refractivity contribution in [1.82, 2.24) is 0 Å². The Morgan fingerprint density at radius 1 is 0.769 bits per heavy atom. The van der Waals surface area contributed by atoms with Crippen molar-refractivity contribution in [2.75, 3.05) is 0 Å². The third kappa shape index (κ3) is 4.56. The lowest BCUT2D eigenvalue weighted by molar-refractivity contribution is 0.525. The van der Waals surface area contributed by atoms with Crippen LogP contribution < -0.4 is 0 Å². The Kier molecular flexibility index (Phi) is 3.86. The van der Waals surface area contributed by atoms with Crippen molar-refractivity contribution in [2.45, 2.75) is 41.5 Å². The van der Waals surface area contributed by atoms with Crippen molar-refractivity contribution in [3.8, 4) is 0 Å². The lowest BCUT2D eigenvalue weighted by Gasteiger charge is -2.27. The van der Waals surface area contributed by atoms with Crippen LogP contribution in [0.15, 0.2) is 23.0 Å². The first-order chi connectivity index (χ1) is 5.55. The molecule has 0 amide bonds. The maximum Gasteiger partial charge on any atom is -0.00745 e. The SMILES string of the molecule is C=C(SC(=C)C(C)(C)C)C(C)(C)C. The molecule has 0 saturated heterocycles. The molecule has 0 spiro atoms. The second-order valence-electron chi connectivity index (χ2n) is 5.45. The molecule has 0 aliphatic heterocycles. The molecular formula is C12H22S. The molecule has 0 unspecified atom stereocenters. The molecule has 0 rings (SSSR count). The normalized spacial score (nSPS) is 12.8. The molecule has 0 aliphatic carbocycles. The zero-order valence-electron chi connectivity index (χ0n) is 9.82. The van der Waals surface area contributed by atoms with Crippen LogP contribution in [-0.2, 0) is 0 Å². The van der Waals surface area contributed by atoms with Crippen molar-refractivity contribution >= 4 is 11.8 Å². The molecule has 1 heteroatoms. The van der Waals surface area contributed by atoms with E-state index < -0.39 is 0 Å². The fourth-order valence-corrected chi connectivity index (χ4v) is 1.36. The van der Waals surface area contributed by atoms with Crippen LogP contribution in [0.2, 0.25) is 0 Å². The Bertz CT molecular complexity index is 186. The summed E-state index contributed by atoms with van der Waals surface area (Å²) in [5.74, 6) is 0. The fraction of sp³-hybridized carbons (Fsp3) is 0.667. The van der Waals surface area contributed by atoms with Gasteiger partial charge < -0.3 is 0 Å². The summed E-state index contributed by atoms with van der Waals surface area (Å²) in [6.07, 6.45) is 0. The Morgan fingerprint density at radius 3 is 1.15 bits per heavy atom. The number of thioether (sulfide) groups is 1. The second kappa shape index (κ2) is 3.91. The first-order valence-electron chi connectivity index (χ1n) is 4.62. The summed E-state index contributed by atoms with van der Waals surface area (Å²) in [4.78, 5) is 2.37. The minimum atomic E-state index is 0.166. The van der Waals surface area contributed by atoms with Crippen LogP contribution in [0.3, 0.4) is 0 Å². The predicted molar refractivity (Wildman–Crippen MR) is 64.8 cm³/mol. The summed E-state index contributed by atoms with van der Waals surface area (Å²) in [6, 6.07) is 0. The smallest absolute Gasteiger partial charge is 0.00745 e. The molecule has 0 nitrogen and oxygen atoms in total. The van der Waals surface area contributed by atoms with Crippen LogP contribution in [0.25, 0.3) is 0 Å². The molecule has 0 atom stereocenters. The molecule has 76 valence electrons. The van der Waals surface area contributed by atoms with E-state index in [0.29, 0.717) is 0 Å². The van der Waals surface area contributed by atoms with E-state index in [-0.39, 0.29) is 10.8 Å². The van der Waals surface area contributed by atoms with E-state index in [9.17, 15) is 0 Å². The highest BCUT2D eigenvalue weighted by atomic mass is 32.2. The van der Waals surface area contributed by atoms with Gasteiger partial charge in [-0.25, -0.2) is 0 Å². The van der Waals surface area contributed by atoms with Crippen molar-refractivity contribution in [1.29, 1.82) is 0 Å². The van der Waals surface area contributed by atoms with Gasteiger partial charge in [0.1, 0.15) is 0 Å². The van der Waals surface area contributed by atoms with Gasteiger partial charge in [0.05, 0.1) is 0 Å². The maximum absolute atomic E-state index is 4.08. The average Bonchev–Trinajstić information content (AvgIpc) is 1.82. The van der Waals surface area contributed by atoms with Gasteiger partial charge in [-0.2, -0.15) is 0 Å². The minimum absolute atomic E-state index is 0.166. The topological polar surface area (TPSA) is 0 Å². The minimum Gasteiger partial charge on any atom is -0.0991 e. The molecule has 0 aromatic heterocycles. The summed E-state index contributed by atoms with van der Waals surface area (Å²) < 4.78 is 0. The Labute approximate surface area is 87.5 Å². The highest BCUT2D eigenvalue weighted by Crippen LogP contribution is 2.42. The van der Waals surface area contributed by atoms with Crippen molar-refractivity contribution in [2.24, 2.45) is 10.8 Å². The van der Waals surface area contributed by atoms with Gasteiger partial charge in [-0.15, -0.1) is 0 Å². The average molecular weight is 198 g/mol. The van der Waals surface area contributed by atoms with E-state index in [4.69, 9.17) is 0 Å². The number of hydrogen-bond acceptors (Lipinski definition) is 1. The van der Waals surface area contributed by atoms with E-state index in [1.807, 2.05) is 0 Å². The summed E-state index contributed by atoms with van der Waals surface area (Å²) in [5, 5.41) is 0. The van der Waals surface area contributed by atoms with E-state index in [1.54, 1.807) is 11.8 Å². The van der Waals surface area contributed by atoms with Gasteiger partial charge in [0.2, 0.25) is 0 Å². The van der Waals surface area contributed by atoms with Crippen LogP contribution in [0.5, 0.6) is 0 Å². The summed E-state index contributed by atoms with van der Waals surface area (Å²) in [6.45, 7) is 21.2. The molecule has 0 aromatic rings. The van der Waals surface area contributed by atoms with E-state index in [0.717, 1.165) is 0 Å². The van der Waals surface area contributed by atoms with Crippen LogP contribution >= 0.6 is 11.8 Å². The van der Waals surface area contributed by atoms with Gasteiger partial charge >= 0.3 is 0 Å². The van der Waals surface area contributed by atoms with Crippen LogP contribution in [0.4, 0.5) is 0 Å². The van der Waals surface area contributed by atoms with Gasteiger partial charge in [-0.05, 0) is 20.6 Å². The molecule has 0 N–H and O–H groups in total. The quantitative estimate of drug-likeness (QED) is 0.612. The Balaban J connectivity index is 4.34. The Hall–Kier alpha value is -0.170. The van der Waals surface area contributed by atoms with Crippen LogP contribution in [-0.4, -0.2) is 0 Å². The van der Waals surface area contributed by atoms with Gasteiger partial charge in [0.25, 0.3) is 0 Å². The van der Waals surface area contributed by atoms with Gasteiger partial charge in [-0.1, -0.05) is 66.5 Å². The summed E-state index contributed by atoms with van der Waals surface area (Å²) >= 11 is 1.72. The summed E-state index contributed by atoms with van der Waals surface area (Å²) in [5.41, 5.74) is 0.331. The van der Waals surface area contributed by atoms with E-state index >= 15 is 0 Å². The Morgan fingerprint density at radius 2 is 1.00 bits per heavy atom. The molecule has 0 aliphatic rings. The number of rotatable bonds is 2. The van der Waals surface area contributed by atoms with Crippen molar-refractivity contribution < 1.29 is 0 Å². The van der Waals surface area contributed by atoms with Gasteiger partial charge in [0.15, 0.2) is 0 Å². The highest BCUT2D eigenvalue weighted by molar-refractivity contribution is 8.06. The van der Waals surface area contributed by atoms with Crippen LogP contribution in [0.1, 0.15) is 41.5 Å². The number of hydrogen-bond donors (Lipinski definition) is 0. The first kappa shape index (κ1) is 12.8. The molecule has 0 radical (unpaired) electrons. The van der Waals surface area contributed by atoms with Gasteiger partial charge in [0, 0.05) is 0 Å². The third-order valence-electron chi connectivity index (χ3n) is 1.92. The standard InChI is InChI=1S/C12H22S/c1-9(11(3,4)5)13-10(2)12(6,7)8/h1-2H2,3-8H3. The molecule has 0 aromatic carbocycles. The summed E-state index contributed by atoms with van der Waals surface area (Å²) in [7, 11) is 0. The van der Waals surface area contributed by atoms with Gasteiger partial charge in [-0.3, -0.25) is 0 Å². The largest absolute Gasteiger partial charge is 0.0991 e. The van der Waals surface area contributed by atoms with Crippen molar-refractivity contribution in [3.05, 3.63) is 23.0 Å². The lowest BCUT2D eigenvalue weighted by atomic mass is 9.96. The predicted octanol–water partition coefficient (Wildman–Crippen LogP) is 4.84. The molecule has 0 bridgehead atoms. The zero-order chi connectivity index (χ0) is 10.9. The molecule has 0 saturated carbocycles.